The van der Waals surface area contributed by atoms with E-state index in [1.807, 2.05) is 25.1 Å². The van der Waals surface area contributed by atoms with Crippen molar-refractivity contribution in [3.8, 4) is 34.5 Å². The largest absolute Gasteiger partial charge is 0.508 e. The van der Waals surface area contributed by atoms with E-state index >= 15 is 0 Å². The highest BCUT2D eigenvalue weighted by molar-refractivity contribution is 5.50. The number of aromatic hydroxyl groups is 2. The van der Waals surface area contributed by atoms with E-state index < -0.39 is 0 Å². The second kappa shape index (κ2) is 6.32. The van der Waals surface area contributed by atoms with E-state index in [-0.39, 0.29) is 11.5 Å². The Morgan fingerprint density at radius 1 is 0.652 bits per heavy atom. The lowest BCUT2D eigenvalue weighted by molar-refractivity contribution is 0.414. The molecule has 0 spiro atoms. The van der Waals surface area contributed by atoms with Crippen LogP contribution >= 0.6 is 0 Å². The predicted molar refractivity (Wildman–Crippen MR) is 87.5 cm³/mol. The first-order chi connectivity index (χ1) is 11.1. The number of phenolic OH excluding ortho intramolecular Hbond substituents is 2. The van der Waals surface area contributed by atoms with Gasteiger partial charge in [-0.25, -0.2) is 0 Å². The van der Waals surface area contributed by atoms with E-state index in [1.165, 1.54) is 0 Å². The molecule has 3 aromatic rings. The highest BCUT2D eigenvalue weighted by Gasteiger charge is 2.11. The molecule has 0 saturated carbocycles. The van der Waals surface area contributed by atoms with Crippen molar-refractivity contribution >= 4 is 0 Å². The first kappa shape index (κ1) is 14.8. The Morgan fingerprint density at radius 2 is 1.17 bits per heavy atom. The standard InChI is InChI=1S/C19H16O4/c1-13-3-2-4-18(22-16-9-5-14(20)6-10-16)19(13)23-17-11-7-15(21)8-12-17/h2-12,20-21H,1H3. The first-order valence-electron chi connectivity index (χ1n) is 7.15. The number of hydrogen-bond donors (Lipinski definition) is 2. The minimum atomic E-state index is 0.183. The van der Waals surface area contributed by atoms with Gasteiger partial charge >= 0.3 is 0 Å². The zero-order valence-corrected chi connectivity index (χ0v) is 12.6. The molecule has 0 saturated heterocycles. The summed E-state index contributed by atoms with van der Waals surface area (Å²) in [5.41, 5.74) is 0.925. The monoisotopic (exact) mass is 308 g/mol. The molecule has 0 bridgehead atoms. The van der Waals surface area contributed by atoms with Gasteiger partial charge in [-0.15, -0.1) is 0 Å². The summed E-state index contributed by atoms with van der Waals surface area (Å²) in [6, 6.07) is 18.6. The normalized spacial score (nSPS) is 10.3. The van der Waals surface area contributed by atoms with Crippen molar-refractivity contribution in [2.75, 3.05) is 0 Å². The van der Waals surface area contributed by atoms with Gasteiger partial charge in [-0.3, -0.25) is 0 Å². The average molecular weight is 308 g/mol. The molecule has 0 aliphatic carbocycles. The summed E-state index contributed by atoms with van der Waals surface area (Å²) >= 11 is 0. The van der Waals surface area contributed by atoms with E-state index in [2.05, 4.69) is 0 Å². The number of phenols is 2. The average Bonchev–Trinajstić information content (AvgIpc) is 2.55. The third-order valence-electron chi connectivity index (χ3n) is 3.30. The maximum Gasteiger partial charge on any atom is 0.172 e. The first-order valence-corrected chi connectivity index (χ1v) is 7.15. The van der Waals surface area contributed by atoms with Crippen LogP contribution in [-0.4, -0.2) is 10.2 Å². The molecule has 2 N–H and O–H groups in total. The van der Waals surface area contributed by atoms with Gasteiger partial charge in [0.05, 0.1) is 0 Å². The van der Waals surface area contributed by atoms with Crippen LogP contribution in [0.25, 0.3) is 0 Å². The minimum absolute atomic E-state index is 0.183. The summed E-state index contributed by atoms with van der Waals surface area (Å²) < 4.78 is 11.8. The second-order valence-electron chi connectivity index (χ2n) is 5.09. The fourth-order valence-corrected chi connectivity index (χ4v) is 2.11. The van der Waals surface area contributed by atoms with E-state index in [4.69, 9.17) is 9.47 Å². The zero-order valence-electron chi connectivity index (χ0n) is 12.6. The summed E-state index contributed by atoms with van der Waals surface area (Å²) in [4.78, 5) is 0. The van der Waals surface area contributed by atoms with Crippen LogP contribution in [0, 0.1) is 6.92 Å². The Hall–Kier alpha value is -3.14. The lowest BCUT2D eigenvalue weighted by Gasteiger charge is -2.14. The van der Waals surface area contributed by atoms with E-state index in [9.17, 15) is 10.2 Å². The Kier molecular flexibility index (Phi) is 4.06. The van der Waals surface area contributed by atoms with Crippen LogP contribution in [0.2, 0.25) is 0 Å². The molecule has 4 nitrogen and oxygen atoms in total. The van der Waals surface area contributed by atoms with Crippen LogP contribution in [0.5, 0.6) is 34.5 Å². The van der Waals surface area contributed by atoms with E-state index in [1.54, 1.807) is 48.5 Å². The van der Waals surface area contributed by atoms with Gasteiger partial charge in [0.2, 0.25) is 0 Å². The molecule has 0 fully saturated rings. The second-order valence-corrected chi connectivity index (χ2v) is 5.09. The molecular weight excluding hydrogens is 292 g/mol. The van der Waals surface area contributed by atoms with Gasteiger partial charge in [0, 0.05) is 0 Å². The molecule has 0 aliphatic heterocycles. The van der Waals surface area contributed by atoms with Crippen LogP contribution < -0.4 is 9.47 Å². The Balaban J connectivity index is 1.90. The topological polar surface area (TPSA) is 58.9 Å². The van der Waals surface area contributed by atoms with Gasteiger partial charge in [-0.2, -0.15) is 0 Å². The fourth-order valence-electron chi connectivity index (χ4n) is 2.11. The van der Waals surface area contributed by atoms with Crippen molar-refractivity contribution < 1.29 is 19.7 Å². The molecule has 23 heavy (non-hydrogen) atoms. The summed E-state index contributed by atoms with van der Waals surface area (Å²) in [6.07, 6.45) is 0. The summed E-state index contributed by atoms with van der Waals surface area (Å²) in [6.45, 7) is 1.93. The van der Waals surface area contributed by atoms with Crippen LogP contribution in [0.1, 0.15) is 5.56 Å². The molecule has 0 heterocycles. The van der Waals surface area contributed by atoms with Crippen molar-refractivity contribution in [1.82, 2.24) is 0 Å². The van der Waals surface area contributed by atoms with Gasteiger partial charge in [-0.1, -0.05) is 12.1 Å². The van der Waals surface area contributed by atoms with Gasteiger partial charge in [0.1, 0.15) is 23.0 Å². The smallest absolute Gasteiger partial charge is 0.172 e. The molecular formula is C19H16O4. The molecule has 0 amide bonds. The van der Waals surface area contributed by atoms with Crippen LogP contribution in [0.4, 0.5) is 0 Å². The van der Waals surface area contributed by atoms with Gasteiger partial charge in [0.15, 0.2) is 11.5 Å². The van der Waals surface area contributed by atoms with Crippen molar-refractivity contribution in [2.24, 2.45) is 0 Å². The third-order valence-corrected chi connectivity index (χ3v) is 3.30. The number of para-hydroxylation sites is 1. The number of aryl methyl sites for hydroxylation is 1. The molecule has 0 atom stereocenters. The Bertz CT molecular complexity index is 793. The fraction of sp³-hybridized carbons (Fsp3) is 0.0526. The number of rotatable bonds is 4. The predicted octanol–water partition coefficient (Wildman–Crippen LogP) is 4.99. The lowest BCUT2D eigenvalue weighted by Crippen LogP contribution is -1.92. The summed E-state index contributed by atoms with van der Waals surface area (Å²) in [5.74, 6) is 2.75. The van der Waals surface area contributed by atoms with Crippen LogP contribution in [0.3, 0.4) is 0 Å². The van der Waals surface area contributed by atoms with E-state index in [0.29, 0.717) is 23.0 Å². The maximum atomic E-state index is 9.35. The maximum absolute atomic E-state index is 9.35. The number of benzene rings is 3. The van der Waals surface area contributed by atoms with Crippen molar-refractivity contribution in [2.45, 2.75) is 6.92 Å². The van der Waals surface area contributed by atoms with Crippen LogP contribution in [0.15, 0.2) is 66.7 Å². The summed E-state index contributed by atoms with van der Waals surface area (Å²) in [7, 11) is 0. The molecule has 3 aromatic carbocycles. The molecule has 0 radical (unpaired) electrons. The lowest BCUT2D eigenvalue weighted by atomic mass is 10.2. The SMILES string of the molecule is Cc1cccc(Oc2ccc(O)cc2)c1Oc1ccc(O)cc1. The molecule has 4 heteroatoms. The molecule has 3 rings (SSSR count). The zero-order chi connectivity index (χ0) is 16.2. The van der Waals surface area contributed by atoms with Crippen LogP contribution in [-0.2, 0) is 0 Å². The minimum Gasteiger partial charge on any atom is -0.508 e. The Labute approximate surface area is 134 Å². The highest BCUT2D eigenvalue weighted by Crippen LogP contribution is 2.37. The quantitative estimate of drug-likeness (QED) is 0.713. The van der Waals surface area contributed by atoms with E-state index in [0.717, 1.165) is 5.56 Å². The number of hydrogen-bond acceptors (Lipinski definition) is 4. The van der Waals surface area contributed by atoms with Crippen molar-refractivity contribution in [3.05, 3.63) is 72.3 Å². The molecule has 116 valence electrons. The van der Waals surface area contributed by atoms with Gasteiger partial charge in [-0.05, 0) is 67.1 Å². The third kappa shape index (κ3) is 3.55. The summed E-state index contributed by atoms with van der Waals surface area (Å²) in [5, 5.41) is 18.7. The van der Waals surface area contributed by atoms with Gasteiger partial charge < -0.3 is 19.7 Å². The number of ether oxygens (including phenoxy) is 2. The van der Waals surface area contributed by atoms with Crippen molar-refractivity contribution in [3.63, 3.8) is 0 Å². The van der Waals surface area contributed by atoms with Crippen molar-refractivity contribution in [1.29, 1.82) is 0 Å². The van der Waals surface area contributed by atoms with Gasteiger partial charge in [0.25, 0.3) is 0 Å². The molecule has 0 aliphatic rings. The highest BCUT2D eigenvalue weighted by atomic mass is 16.5. The molecule has 0 aromatic heterocycles. The molecule has 0 unspecified atom stereocenters. The Morgan fingerprint density at radius 3 is 1.74 bits per heavy atom.